The molecule has 0 spiro atoms. The molecule has 0 N–H and O–H groups in total. The van der Waals surface area contributed by atoms with Gasteiger partial charge in [0.15, 0.2) is 0 Å². The lowest BCUT2D eigenvalue weighted by Crippen LogP contribution is -2.46. The molecular formula is C24H46O6Si2. The zero-order valence-electron chi connectivity index (χ0n) is 21.5. The molecule has 0 saturated heterocycles. The first-order valence-electron chi connectivity index (χ1n) is 12.4. The number of rotatable bonds is 19. The molecule has 0 aliphatic carbocycles. The minimum absolute atomic E-state index is 0.603. The fourth-order valence-electron chi connectivity index (χ4n) is 3.93. The number of aryl methyl sites for hydroxylation is 3. The average Bonchev–Trinajstić information content (AvgIpc) is 2.77. The average molecular weight is 487 g/mol. The Hall–Kier alpha value is -0.586. The van der Waals surface area contributed by atoms with Gasteiger partial charge < -0.3 is 26.6 Å². The number of hydrogen-bond acceptors (Lipinski definition) is 6. The summed E-state index contributed by atoms with van der Waals surface area (Å²) in [5.74, 6) is 0. The molecule has 0 atom stereocenters. The number of hydrogen-bond donors (Lipinski definition) is 0. The predicted molar refractivity (Wildman–Crippen MR) is 134 cm³/mol. The van der Waals surface area contributed by atoms with Gasteiger partial charge in [0.25, 0.3) is 0 Å². The van der Waals surface area contributed by atoms with Crippen LogP contribution < -0.4 is 0 Å². The van der Waals surface area contributed by atoms with Gasteiger partial charge in [0.05, 0.1) is 0 Å². The molecule has 0 saturated carbocycles. The molecule has 1 rings (SSSR count). The Balaban J connectivity index is 3.02. The van der Waals surface area contributed by atoms with Crippen LogP contribution in [0.2, 0.25) is 12.1 Å². The van der Waals surface area contributed by atoms with E-state index >= 15 is 0 Å². The van der Waals surface area contributed by atoms with E-state index in [0.29, 0.717) is 39.6 Å². The SMILES string of the molecule is CCO[Si](CCc1cc(CC)cc(CC[Si](OCC)(OCC)OCC)c1)(OCC)OCC. The Bertz CT molecular complexity index is 546. The first kappa shape index (κ1) is 29.4. The summed E-state index contributed by atoms with van der Waals surface area (Å²) < 4.78 is 36.3. The van der Waals surface area contributed by atoms with Gasteiger partial charge in [0, 0.05) is 51.7 Å². The van der Waals surface area contributed by atoms with E-state index in [9.17, 15) is 0 Å². The van der Waals surface area contributed by atoms with Crippen LogP contribution in [0.5, 0.6) is 0 Å². The van der Waals surface area contributed by atoms with Gasteiger partial charge in [-0.3, -0.25) is 0 Å². The van der Waals surface area contributed by atoms with Gasteiger partial charge in [0.2, 0.25) is 0 Å². The highest BCUT2D eigenvalue weighted by atomic mass is 28.4. The number of benzene rings is 1. The lowest BCUT2D eigenvalue weighted by atomic mass is 10.0. The molecule has 0 heterocycles. The van der Waals surface area contributed by atoms with E-state index in [2.05, 4.69) is 25.1 Å². The van der Waals surface area contributed by atoms with Crippen LogP contribution >= 0.6 is 0 Å². The monoisotopic (exact) mass is 486 g/mol. The highest BCUT2D eigenvalue weighted by molar-refractivity contribution is 6.61. The molecule has 0 aliphatic rings. The summed E-state index contributed by atoms with van der Waals surface area (Å²) in [5, 5.41) is 0. The molecular weight excluding hydrogens is 440 g/mol. The van der Waals surface area contributed by atoms with E-state index in [4.69, 9.17) is 26.6 Å². The third kappa shape index (κ3) is 9.73. The maximum atomic E-state index is 6.04. The normalized spacial score (nSPS) is 12.5. The Morgan fingerprint density at radius 2 is 0.750 bits per heavy atom. The summed E-state index contributed by atoms with van der Waals surface area (Å²) in [7, 11) is -5.31. The summed E-state index contributed by atoms with van der Waals surface area (Å²) in [4.78, 5) is 0. The van der Waals surface area contributed by atoms with Gasteiger partial charge in [0.1, 0.15) is 0 Å². The summed E-state index contributed by atoms with van der Waals surface area (Å²) in [6.07, 6.45) is 2.74. The Morgan fingerprint density at radius 1 is 0.469 bits per heavy atom. The van der Waals surface area contributed by atoms with Gasteiger partial charge in [-0.25, -0.2) is 0 Å². The molecule has 0 radical (unpaired) electrons. The molecule has 0 fully saturated rings. The van der Waals surface area contributed by atoms with Crippen LogP contribution in [0.4, 0.5) is 0 Å². The van der Waals surface area contributed by atoms with E-state index in [0.717, 1.165) is 31.4 Å². The first-order chi connectivity index (χ1) is 15.5. The van der Waals surface area contributed by atoms with E-state index < -0.39 is 17.6 Å². The largest absolute Gasteiger partial charge is 0.501 e. The molecule has 8 heteroatoms. The maximum absolute atomic E-state index is 6.04. The predicted octanol–water partition coefficient (Wildman–Crippen LogP) is 5.43. The van der Waals surface area contributed by atoms with Crippen LogP contribution in [0, 0.1) is 0 Å². The molecule has 186 valence electrons. The van der Waals surface area contributed by atoms with Crippen molar-refractivity contribution in [1.82, 2.24) is 0 Å². The van der Waals surface area contributed by atoms with Crippen molar-refractivity contribution in [3.8, 4) is 0 Å². The van der Waals surface area contributed by atoms with Crippen LogP contribution in [-0.2, 0) is 45.8 Å². The minimum atomic E-state index is -2.66. The Kier molecular flexibility index (Phi) is 14.8. The summed E-state index contributed by atoms with van der Waals surface area (Å²) >= 11 is 0. The van der Waals surface area contributed by atoms with Crippen LogP contribution in [0.25, 0.3) is 0 Å². The van der Waals surface area contributed by atoms with Crippen LogP contribution in [0.15, 0.2) is 18.2 Å². The van der Waals surface area contributed by atoms with E-state index in [1.807, 2.05) is 41.5 Å². The lowest BCUT2D eigenvalue weighted by molar-refractivity contribution is 0.0707. The summed E-state index contributed by atoms with van der Waals surface area (Å²) in [6.45, 7) is 17.8. The van der Waals surface area contributed by atoms with Crippen LogP contribution in [-0.4, -0.2) is 57.3 Å². The minimum Gasteiger partial charge on any atom is -0.374 e. The quantitative estimate of drug-likeness (QED) is 0.243. The zero-order valence-corrected chi connectivity index (χ0v) is 23.5. The first-order valence-corrected chi connectivity index (χ1v) is 16.3. The van der Waals surface area contributed by atoms with Crippen molar-refractivity contribution in [2.45, 2.75) is 79.8 Å². The van der Waals surface area contributed by atoms with Crippen molar-refractivity contribution < 1.29 is 26.6 Å². The van der Waals surface area contributed by atoms with Gasteiger partial charge in [-0.2, -0.15) is 0 Å². The molecule has 1 aromatic carbocycles. The lowest BCUT2D eigenvalue weighted by Gasteiger charge is -2.29. The Labute approximate surface area is 198 Å². The van der Waals surface area contributed by atoms with Crippen molar-refractivity contribution in [3.63, 3.8) is 0 Å². The maximum Gasteiger partial charge on any atom is 0.501 e. The fraction of sp³-hybridized carbons (Fsp3) is 0.750. The van der Waals surface area contributed by atoms with E-state index in [-0.39, 0.29) is 0 Å². The van der Waals surface area contributed by atoms with Crippen LogP contribution in [0.1, 0.15) is 65.2 Å². The summed E-state index contributed by atoms with van der Waals surface area (Å²) in [6, 6.07) is 8.45. The van der Waals surface area contributed by atoms with Gasteiger partial charge in [-0.05, 0) is 77.5 Å². The molecule has 0 unspecified atom stereocenters. The second-order valence-corrected chi connectivity index (χ2v) is 12.9. The van der Waals surface area contributed by atoms with Gasteiger partial charge >= 0.3 is 17.6 Å². The fourth-order valence-corrected chi connectivity index (χ4v) is 9.12. The molecule has 32 heavy (non-hydrogen) atoms. The molecule has 0 amide bonds. The van der Waals surface area contributed by atoms with Gasteiger partial charge in [-0.1, -0.05) is 25.1 Å². The molecule has 1 aromatic rings. The van der Waals surface area contributed by atoms with Gasteiger partial charge in [-0.15, -0.1) is 0 Å². The van der Waals surface area contributed by atoms with Crippen molar-refractivity contribution in [1.29, 1.82) is 0 Å². The smallest absolute Gasteiger partial charge is 0.374 e. The molecule has 0 aliphatic heterocycles. The molecule has 6 nitrogen and oxygen atoms in total. The molecule has 0 bridgehead atoms. The summed E-state index contributed by atoms with van der Waals surface area (Å²) in [5.41, 5.74) is 3.93. The van der Waals surface area contributed by atoms with Crippen molar-refractivity contribution in [2.75, 3.05) is 39.6 Å². The topological polar surface area (TPSA) is 55.4 Å². The Morgan fingerprint density at radius 3 is 1.00 bits per heavy atom. The molecule has 0 aromatic heterocycles. The van der Waals surface area contributed by atoms with E-state index in [1.165, 1.54) is 16.7 Å². The third-order valence-corrected chi connectivity index (χ3v) is 11.2. The second kappa shape index (κ2) is 16.1. The zero-order chi connectivity index (χ0) is 23.9. The third-order valence-electron chi connectivity index (χ3n) is 5.15. The van der Waals surface area contributed by atoms with Crippen LogP contribution in [0.3, 0.4) is 0 Å². The van der Waals surface area contributed by atoms with Crippen molar-refractivity contribution in [2.24, 2.45) is 0 Å². The standard InChI is InChI=1S/C24H46O6Si2/c1-8-22-19-23(15-17-31(25-9-2,26-10-3)27-11-4)21-24(20-22)16-18-32(28-12-5,29-13-6)30-14-7/h19-21H,8-18H2,1-7H3. The second-order valence-electron chi connectivity index (χ2n) is 7.48. The van der Waals surface area contributed by atoms with Crippen molar-refractivity contribution in [3.05, 3.63) is 34.9 Å². The van der Waals surface area contributed by atoms with E-state index in [1.54, 1.807) is 0 Å². The highest BCUT2D eigenvalue weighted by Gasteiger charge is 2.41. The highest BCUT2D eigenvalue weighted by Crippen LogP contribution is 2.24. The van der Waals surface area contributed by atoms with Crippen molar-refractivity contribution >= 4 is 17.6 Å².